The van der Waals surface area contributed by atoms with Gasteiger partial charge in [-0.05, 0) is 37.3 Å². The third-order valence-corrected chi connectivity index (χ3v) is 7.88. The number of fused-ring (bicyclic) bond motifs is 2. The number of hydrogen-bond acceptors (Lipinski definition) is 5. The summed E-state index contributed by atoms with van der Waals surface area (Å²) < 4.78 is 40.4. The van der Waals surface area contributed by atoms with Crippen LogP contribution in [-0.2, 0) is 19.6 Å². The van der Waals surface area contributed by atoms with Crippen molar-refractivity contribution in [2.24, 2.45) is 5.92 Å². The highest BCUT2D eigenvalue weighted by molar-refractivity contribution is 7.89. The van der Waals surface area contributed by atoms with Crippen LogP contribution in [0.25, 0.3) is 0 Å². The molecule has 0 unspecified atom stereocenters. The molecule has 8 heteroatoms. The Balaban J connectivity index is 1.64. The Morgan fingerprint density at radius 3 is 2.66 bits per heavy atom. The number of amides is 1. The van der Waals surface area contributed by atoms with Crippen LogP contribution in [0.1, 0.15) is 39.5 Å². The number of rotatable bonds is 3. The summed E-state index contributed by atoms with van der Waals surface area (Å²) in [6.45, 7) is 6.18. The second-order valence-electron chi connectivity index (χ2n) is 8.54. The van der Waals surface area contributed by atoms with Crippen molar-refractivity contribution in [2.75, 3.05) is 26.2 Å². The van der Waals surface area contributed by atoms with Gasteiger partial charge in [0.15, 0.2) is 0 Å². The largest absolute Gasteiger partial charge is 0.487 e. The zero-order valence-electron chi connectivity index (χ0n) is 17.1. The Labute approximate surface area is 173 Å². The Kier molecular flexibility index (Phi) is 5.86. The number of para-hydroxylation sites is 1. The smallest absolute Gasteiger partial charge is 0.251 e. The van der Waals surface area contributed by atoms with Crippen LogP contribution in [0.2, 0.25) is 0 Å². The van der Waals surface area contributed by atoms with Gasteiger partial charge in [0.05, 0.1) is 6.04 Å². The second kappa shape index (κ2) is 8.24. The standard InChI is InChI=1S/C21H30N2O5S/c1-15(2)14-23-16-9-11-22(21(24)19-7-5-13-27-19)12-10-17(16)28-18-6-3-4-8-20(18)29(23,25)26/h3-4,6,8,15-17,19H,5,7,9-14H2,1-2H3/t16-,17+,19-/m1/s1. The third kappa shape index (κ3) is 4.02. The van der Waals surface area contributed by atoms with E-state index in [1.54, 1.807) is 28.6 Å². The van der Waals surface area contributed by atoms with Crippen LogP contribution in [0.4, 0.5) is 0 Å². The summed E-state index contributed by atoms with van der Waals surface area (Å²) in [4.78, 5) is 14.9. The lowest BCUT2D eigenvalue weighted by Crippen LogP contribution is -2.48. The van der Waals surface area contributed by atoms with Gasteiger partial charge in [0.2, 0.25) is 10.0 Å². The molecule has 0 saturated carbocycles. The minimum atomic E-state index is -3.67. The van der Waals surface area contributed by atoms with E-state index in [0.717, 1.165) is 12.8 Å². The van der Waals surface area contributed by atoms with Crippen LogP contribution in [0.3, 0.4) is 0 Å². The second-order valence-corrected chi connectivity index (χ2v) is 10.4. The fourth-order valence-electron chi connectivity index (χ4n) is 4.55. The molecule has 3 heterocycles. The summed E-state index contributed by atoms with van der Waals surface area (Å²) in [5, 5.41) is 0. The Morgan fingerprint density at radius 2 is 1.93 bits per heavy atom. The van der Waals surface area contributed by atoms with Gasteiger partial charge >= 0.3 is 0 Å². The molecule has 29 heavy (non-hydrogen) atoms. The molecule has 0 aliphatic carbocycles. The molecule has 4 rings (SSSR count). The number of sulfonamides is 1. The first-order chi connectivity index (χ1) is 13.9. The number of hydrogen-bond donors (Lipinski definition) is 0. The molecule has 1 amide bonds. The van der Waals surface area contributed by atoms with Gasteiger partial charge in [0.25, 0.3) is 5.91 Å². The van der Waals surface area contributed by atoms with Gasteiger partial charge in [-0.25, -0.2) is 8.42 Å². The quantitative estimate of drug-likeness (QED) is 0.747. The van der Waals surface area contributed by atoms with E-state index in [2.05, 4.69) is 0 Å². The molecule has 0 bridgehead atoms. The molecule has 1 aromatic rings. The van der Waals surface area contributed by atoms with Crippen molar-refractivity contribution in [2.45, 2.75) is 62.7 Å². The normalized spacial score (nSPS) is 29.5. The maximum absolute atomic E-state index is 13.5. The minimum absolute atomic E-state index is 0.0256. The van der Waals surface area contributed by atoms with E-state index in [1.165, 1.54) is 0 Å². The van der Waals surface area contributed by atoms with E-state index < -0.39 is 10.0 Å². The Hall–Kier alpha value is -1.64. The first-order valence-corrected chi connectivity index (χ1v) is 12.0. The van der Waals surface area contributed by atoms with E-state index in [-0.39, 0.29) is 35.0 Å². The molecule has 0 aromatic heterocycles. The predicted molar refractivity (Wildman–Crippen MR) is 108 cm³/mol. The summed E-state index contributed by atoms with van der Waals surface area (Å²) in [6, 6.07) is 6.58. The van der Waals surface area contributed by atoms with Crippen LogP contribution in [0.15, 0.2) is 29.2 Å². The van der Waals surface area contributed by atoms with Gasteiger partial charge in [-0.15, -0.1) is 0 Å². The number of benzene rings is 1. The number of carbonyl (C=O) groups excluding carboxylic acids is 1. The predicted octanol–water partition coefficient (Wildman–Crippen LogP) is 2.26. The van der Waals surface area contributed by atoms with Gasteiger partial charge in [-0.2, -0.15) is 4.31 Å². The first kappa shape index (κ1) is 20.6. The van der Waals surface area contributed by atoms with E-state index >= 15 is 0 Å². The lowest BCUT2D eigenvalue weighted by atomic mass is 10.0. The molecule has 160 valence electrons. The van der Waals surface area contributed by atoms with Gasteiger partial charge in [0, 0.05) is 32.7 Å². The highest BCUT2D eigenvalue weighted by Gasteiger charge is 2.44. The zero-order valence-corrected chi connectivity index (χ0v) is 17.9. The fraction of sp³-hybridized carbons (Fsp3) is 0.667. The highest BCUT2D eigenvalue weighted by Crippen LogP contribution is 2.37. The molecular formula is C21H30N2O5S. The summed E-state index contributed by atoms with van der Waals surface area (Å²) >= 11 is 0. The van der Waals surface area contributed by atoms with E-state index in [4.69, 9.17) is 9.47 Å². The zero-order chi connectivity index (χ0) is 20.6. The first-order valence-electron chi connectivity index (χ1n) is 10.6. The SMILES string of the molecule is CC(C)CN1[C@@H]2CCN(C(=O)[C@H]3CCCO3)CC[C@@H]2Oc2ccccc2S1(=O)=O. The molecule has 3 aliphatic heterocycles. The number of likely N-dealkylation sites (tertiary alicyclic amines) is 1. The van der Waals surface area contributed by atoms with Crippen LogP contribution in [0.5, 0.6) is 5.75 Å². The number of carbonyl (C=O) groups is 1. The number of nitrogens with zero attached hydrogens (tertiary/aromatic N) is 2. The van der Waals surface area contributed by atoms with E-state index in [0.29, 0.717) is 44.8 Å². The summed E-state index contributed by atoms with van der Waals surface area (Å²) in [6.07, 6.45) is 2.20. The van der Waals surface area contributed by atoms with Crippen LogP contribution < -0.4 is 4.74 Å². The maximum atomic E-state index is 13.5. The molecule has 0 radical (unpaired) electrons. The highest BCUT2D eigenvalue weighted by atomic mass is 32.2. The van der Waals surface area contributed by atoms with Crippen molar-refractivity contribution >= 4 is 15.9 Å². The van der Waals surface area contributed by atoms with Crippen molar-refractivity contribution in [3.05, 3.63) is 24.3 Å². The van der Waals surface area contributed by atoms with Gasteiger partial charge < -0.3 is 14.4 Å². The van der Waals surface area contributed by atoms with Crippen molar-refractivity contribution in [3.8, 4) is 5.75 Å². The molecule has 0 N–H and O–H groups in total. The van der Waals surface area contributed by atoms with Crippen molar-refractivity contribution in [3.63, 3.8) is 0 Å². The molecule has 0 spiro atoms. The Morgan fingerprint density at radius 1 is 1.17 bits per heavy atom. The summed E-state index contributed by atoms with van der Waals surface area (Å²) in [5.74, 6) is 0.619. The Bertz CT molecular complexity index is 850. The monoisotopic (exact) mass is 422 g/mol. The fourth-order valence-corrected chi connectivity index (χ4v) is 6.51. The van der Waals surface area contributed by atoms with Crippen molar-refractivity contribution in [1.82, 2.24) is 9.21 Å². The average molecular weight is 423 g/mol. The molecule has 7 nitrogen and oxygen atoms in total. The molecule has 3 aliphatic rings. The minimum Gasteiger partial charge on any atom is -0.487 e. The van der Waals surface area contributed by atoms with E-state index in [9.17, 15) is 13.2 Å². The van der Waals surface area contributed by atoms with Gasteiger partial charge in [0.1, 0.15) is 22.9 Å². The van der Waals surface area contributed by atoms with Gasteiger partial charge in [-0.3, -0.25) is 4.79 Å². The van der Waals surface area contributed by atoms with Crippen molar-refractivity contribution in [1.29, 1.82) is 0 Å². The lowest BCUT2D eigenvalue weighted by Gasteiger charge is -2.32. The maximum Gasteiger partial charge on any atom is 0.251 e. The van der Waals surface area contributed by atoms with Gasteiger partial charge in [-0.1, -0.05) is 26.0 Å². The molecule has 2 fully saturated rings. The van der Waals surface area contributed by atoms with Crippen LogP contribution in [0, 0.1) is 5.92 Å². The summed E-state index contributed by atoms with van der Waals surface area (Å²) in [7, 11) is -3.67. The number of ether oxygens (including phenoxy) is 2. The van der Waals surface area contributed by atoms with E-state index in [1.807, 2.05) is 18.7 Å². The molecule has 1 aromatic carbocycles. The third-order valence-electron chi connectivity index (χ3n) is 5.95. The average Bonchev–Trinajstić information content (AvgIpc) is 3.12. The molecule has 3 atom stereocenters. The van der Waals surface area contributed by atoms with Crippen molar-refractivity contribution < 1.29 is 22.7 Å². The van der Waals surface area contributed by atoms with Crippen LogP contribution in [-0.4, -0.2) is 68.0 Å². The topological polar surface area (TPSA) is 76.2 Å². The summed E-state index contributed by atoms with van der Waals surface area (Å²) in [5.41, 5.74) is 0. The lowest BCUT2D eigenvalue weighted by molar-refractivity contribution is -0.140. The molecule has 2 saturated heterocycles. The van der Waals surface area contributed by atoms with Crippen LogP contribution >= 0.6 is 0 Å². The molecular weight excluding hydrogens is 392 g/mol.